The minimum Gasteiger partial charge on any atom is -0.378 e. The standard InChI is InChI=1S/C27H33N9O4/c1-34(2)27(38)30-22-9-7-21(8-10-22)29-26(37)28-20-5-3-19(4-6-20)23-31-24(35-11-15-39-16-12-35)33-25(32-23)36-13-17-40-18-14-36/h3-10H,11-18H2,1-2H3,(H,30,38)(H2,28,29,37). The summed E-state index contributed by atoms with van der Waals surface area (Å²) >= 11 is 0. The van der Waals surface area contributed by atoms with Crippen molar-refractivity contribution in [2.75, 3.05) is 92.5 Å². The van der Waals surface area contributed by atoms with E-state index in [9.17, 15) is 9.59 Å². The Balaban J connectivity index is 1.26. The maximum Gasteiger partial charge on any atom is 0.323 e. The Morgan fingerprint density at radius 1 is 0.675 bits per heavy atom. The fourth-order valence-corrected chi connectivity index (χ4v) is 4.16. The molecule has 40 heavy (non-hydrogen) atoms. The van der Waals surface area contributed by atoms with E-state index in [0.29, 0.717) is 61.2 Å². The summed E-state index contributed by atoms with van der Waals surface area (Å²) in [4.78, 5) is 44.3. The highest BCUT2D eigenvalue weighted by atomic mass is 16.5. The highest BCUT2D eigenvalue weighted by molar-refractivity contribution is 6.00. The molecule has 0 spiro atoms. The first kappa shape index (κ1) is 27.1. The summed E-state index contributed by atoms with van der Waals surface area (Å²) in [6.07, 6.45) is 0. The van der Waals surface area contributed by atoms with E-state index in [2.05, 4.69) is 25.8 Å². The van der Waals surface area contributed by atoms with E-state index in [0.717, 1.165) is 31.7 Å². The molecule has 0 aliphatic carbocycles. The fraction of sp³-hybridized carbons (Fsp3) is 0.370. The molecule has 2 aromatic carbocycles. The van der Waals surface area contributed by atoms with Crippen LogP contribution in [0.4, 0.5) is 38.5 Å². The van der Waals surface area contributed by atoms with Gasteiger partial charge in [-0.3, -0.25) is 0 Å². The minimum absolute atomic E-state index is 0.228. The monoisotopic (exact) mass is 547 g/mol. The Bertz CT molecular complexity index is 1270. The van der Waals surface area contributed by atoms with Gasteiger partial charge in [0.05, 0.1) is 26.4 Å². The van der Waals surface area contributed by atoms with Crippen molar-refractivity contribution in [1.82, 2.24) is 19.9 Å². The first-order valence-corrected chi connectivity index (χ1v) is 13.1. The van der Waals surface area contributed by atoms with Crippen molar-refractivity contribution in [2.24, 2.45) is 0 Å². The fourth-order valence-electron chi connectivity index (χ4n) is 4.16. The van der Waals surface area contributed by atoms with Crippen molar-refractivity contribution in [3.05, 3.63) is 48.5 Å². The molecule has 4 amide bonds. The van der Waals surface area contributed by atoms with Crippen molar-refractivity contribution in [1.29, 1.82) is 0 Å². The minimum atomic E-state index is -0.387. The molecular weight excluding hydrogens is 514 g/mol. The van der Waals surface area contributed by atoms with Crippen LogP contribution in [0.3, 0.4) is 0 Å². The number of ether oxygens (including phenoxy) is 2. The third-order valence-electron chi connectivity index (χ3n) is 6.40. The highest BCUT2D eigenvalue weighted by Gasteiger charge is 2.21. The number of hydrogen-bond acceptors (Lipinski definition) is 9. The predicted octanol–water partition coefficient (Wildman–Crippen LogP) is 2.95. The van der Waals surface area contributed by atoms with E-state index in [4.69, 9.17) is 24.4 Å². The molecule has 1 aromatic heterocycles. The van der Waals surface area contributed by atoms with Gasteiger partial charge in [0.1, 0.15) is 0 Å². The van der Waals surface area contributed by atoms with E-state index in [1.54, 1.807) is 50.5 Å². The second-order valence-electron chi connectivity index (χ2n) is 9.52. The zero-order chi connectivity index (χ0) is 27.9. The average Bonchev–Trinajstić information content (AvgIpc) is 2.99. The highest BCUT2D eigenvalue weighted by Crippen LogP contribution is 2.24. The lowest BCUT2D eigenvalue weighted by Crippen LogP contribution is -2.40. The molecule has 210 valence electrons. The summed E-state index contributed by atoms with van der Waals surface area (Å²) in [5.41, 5.74) is 2.65. The summed E-state index contributed by atoms with van der Waals surface area (Å²) < 4.78 is 11.0. The van der Waals surface area contributed by atoms with E-state index in [1.165, 1.54) is 4.90 Å². The average molecular weight is 548 g/mol. The van der Waals surface area contributed by atoms with Crippen LogP contribution in [0.1, 0.15) is 0 Å². The van der Waals surface area contributed by atoms with Crippen LogP contribution < -0.4 is 25.8 Å². The topological polar surface area (TPSA) is 137 Å². The molecule has 0 unspecified atom stereocenters. The van der Waals surface area contributed by atoms with Crippen molar-refractivity contribution in [3.8, 4) is 11.4 Å². The zero-order valence-corrected chi connectivity index (χ0v) is 22.6. The number of amides is 4. The summed E-state index contributed by atoms with van der Waals surface area (Å²) in [7, 11) is 3.33. The van der Waals surface area contributed by atoms with Crippen LogP contribution in [0.25, 0.3) is 11.4 Å². The van der Waals surface area contributed by atoms with Crippen LogP contribution in [0.5, 0.6) is 0 Å². The molecular formula is C27H33N9O4. The number of anilines is 5. The van der Waals surface area contributed by atoms with Gasteiger partial charge in [-0.15, -0.1) is 0 Å². The number of carbonyl (C=O) groups is 2. The van der Waals surface area contributed by atoms with Gasteiger partial charge in [-0.25, -0.2) is 9.59 Å². The first-order chi connectivity index (χ1) is 19.4. The normalized spacial score (nSPS) is 15.3. The van der Waals surface area contributed by atoms with Gasteiger partial charge >= 0.3 is 12.1 Å². The van der Waals surface area contributed by atoms with Crippen LogP contribution in [0.2, 0.25) is 0 Å². The Labute approximate surface area is 232 Å². The van der Waals surface area contributed by atoms with Crippen molar-refractivity contribution in [2.45, 2.75) is 0 Å². The molecule has 3 heterocycles. The van der Waals surface area contributed by atoms with Gasteiger partial charge in [0, 0.05) is 62.9 Å². The number of morpholine rings is 2. The van der Waals surface area contributed by atoms with Crippen molar-refractivity contribution < 1.29 is 19.1 Å². The van der Waals surface area contributed by atoms with E-state index in [-0.39, 0.29) is 12.1 Å². The number of benzene rings is 2. The van der Waals surface area contributed by atoms with E-state index in [1.807, 2.05) is 12.1 Å². The van der Waals surface area contributed by atoms with Gasteiger partial charge in [0.25, 0.3) is 0 Å². The summed E-state index contributed by atoms with van der Waals surface area (Å²) in [6, 6.07) is 13.6. The third-order valence-corrected chi connectivity index (χ3v) is 6.40. The largest absolute Gasteiger partial charge is 0.378 e. The molecule has 13 heteroatoms. The number of carbonyl (C=O) groups excluding carboxylic acids is 2. The SMILES string of the molecule is CN(C)C(=O)Nc1ccc(NC(=O)Nc2ccc(-c3nc(N4CCOCC4)nc(N4CCOCC4)n3)cc2)cc1. The zero-order valence-electron chi connectivity index (χ0n) is 22.6. The first-order valence-electron chi connectivity index (χ1n) is 13.1. The Kier molecular flexibility index (Phi) is 8.52. The Hall–Kier alpha value is -4.49. The summed E-state index contributed by atoms with van der Waals surface area (Å²) in [5.74, 6) is 1.82. The number of urea groups is 2. The molecule has 2 fully saturated rings. The molecule has 0 bridgehead atoms. The Morgan fingerprint density at radius 3 is 1.55 bits per heavy atom. The number of nitrogens with one attached hydrogen (secondary N) is 3. The maximum absolute atomic E-state index is 12.6. The molecule has 3 aromatic rings. The molecule has 3 N–H and O–H groups in total. The lowest BCUT2D eigenvalue weighted by Gasteiger charge is -2.30. The Morgan fingerprint density at radius 2 is 1.10 bits per heavy atom. The molecule has 0 atom stereocenters. The van der Waals surface area contributed by atoms with Crippen LogP contribution >= 0.6 is 0 Å². The summed E-state index contributed by atoms with van der Waals surface area (Å²) in [6.45, 7) is 5.41. The molecule has 5 rings (SSSR count). The quantitative estimate of drug-likeness (QED) is 0.425. The third kappa shape index (κ3) is 6.93. The van der Waals surface area contributed by atoms with Crippen molar-refractivity contribution >= 4 is 41.0 Å². The van der Waals surface area contributed by atoms with Gasteiger partial charge in [-0.1, -0.05) is 0 Å². The smallest absolute Gasteiger partial charge is 0.323 e. The van der Waals surface area contributed by atoms with E-state index < -0.39 is 0 Å². The van der Waals surface area contributed by atoms with Gasteiger partial charge in [0.15, 0.2) is 5.82 Å². The number of aromatic nitrogens is 3. The lowest BCUT2D eigenvalue weighted by molar-refractivity contribution is 0.121. The lowest BCUT2D eigenvalue weighted by atomic mass is 10.2. The maximum atomic E-state index is 12.6. The van der Waals surface area contributed by atoms with Crippen molar-refractivity contribution in [3.63, 3.8) is 0 Å². The predicted molar refractivity (Wildman–Crippen MR) is 153 cm³/mol. The molecule has 0 radical (unpaired) electrons. The van der Waals surface area contributed by atoms with Gasteiger partial charge < -0.3 is 40.1 Å². The van der Waals surface area contributed by atoms with Crippen LogP contribution in [-0.2, 0) is 9.47 Å². The van der Waals surface area contributed by atoms with Crippen LogP contribution in [0.15, 0.2) is 48.5 Å². The van der Waals surface area contributed by atoms with E-state index >= 15 is 0 Å². The number of rotatable bonds is 6. The van der Waals surface area contributed by atoms with Gasteiger partial charge in [-0.2, -0.15) is 15.0 Å². The molecule has 0 saturated carbocycles. The molecule has 13 nitrogen and oxygen atoms in total. The second-order valence-corrected chi connectivity index (χ2v) is 9.52. The number of nitrogens with zero attached hydrogens (tertiary/aromatic N) is 6. The van der Waals surface area contributed by atoms with Crippen LogP contribution in [-0.4, -0.2) is 98.6 Å². The van der Waals surface area contributed by atoms with Gasteiger partial charge in [-0.05, 0) is 48.5 Å². The second kappa shape index (κ2) is 12.6. The summed E-state index contributed by atoms with van der Waals surface area (Å²) in [5, 5.41) is 8.38. The molecule has 2 aliphatic heterocycles. The van der Waals surface area contributed by atoms with Gasteiger partial charge in [0.2, 0.25) is 11.9 Å². The number of hydrogen-bond donors (Lipinski definition) is 3. The molecule has 2 aliphatic rings. The molecule has 2 saturated heterocycles. The van der Waals surface area contributed by atoms with Crippen LogP contribution in [0, 0.1) is 0 Å².